The molecule has 1 spiro atoms. The molecule has 3 unspecified atom stereocenters. The Bertz CT molecular complexity index is 304. The maximum Gasteiger partial charge on any atom is 0.410 e. The van der Waals surface area contributed by atoms with E-state index in [1.54, 1.807) is 0 Å². The van der Waals surface area contributed by atoms with Crippen molar-refractivity contribution in [3.05, 3.63) is 0 Å². The molecule has 0 aromatic carbocycles. The Morgan fingerprint density at radius 2 is 2.25 bits per heavy atom. The van der Waals surface area contributed by atoms with Crippen molar-refractivity contribution in [2.45, 2.75) is 51.5 Å². The van der Waals surface area contributed by atoms with E-state index in [1.165, 1.54) is 38.5 Å². The fourth-order valence-corrected chi connectivity index (χ4v) is 4.25. The SMILES string of the molecule is CCOC(=O)N1CC2CCC23CCCCC13. The average Bonchev–Trinajstić information content (AvgIpc) is 2.50. The summed E-state index contributed by atoms with van der Waals surface area (Å²) in [5.74, 6) is 0.780. The summed E-state index contributed by atoms with van der Waals surface area (Å²) in [5.41, 5.74) is 0.505. The monoisotopic (exact) mass is 223 g/mol. The van der Waals surface area contributed by atoms with Crippen LogP contribution >= 0.6 is 0 Å². The van der Waals surface area contributed by atoms with Gasteiger partial charge in [-0.1, -0.05) is 12.8 Å². The third-order valence-corrected chi connectivity index (χ3v) is 5.10. The molecule has 0 aromatic rings. The van der Waals surface area contributed by atoms with Crippen molar-refractivity contribution in [3.8, 4) is 0 Å². The van der Waals surface area contributed by atoms with Gasteiger partial charge in [-0.2, -0.15) is 0 Å². The van der Waals surface area contributed by atoms with E-state index in [-0.39, 0.29) is 6.09 Å². The van der Waals surface area contributed by atoms with Crippen LogP contribution in [0.15, 0.2) is 0 Å². The maximum absolute atomic E-state index is 11.9. The predicted molar refractivity (Wildman–Crippen MR) is 61.1 cm³/mol. The van der Waals surface area contributed by atoms with Crippen molar-refractivity contribution >= 4 is 6.09 Å². The molecular formula is C13H21NO2. The van der Waals surface area contributed by atoms with Gasteiger partial charge in [-0.25, -0.2) is 4.79 Å². The molecule has 3 heteroatoms. The van der Waals surface area contributed by atoms with E-state index in [1.807, 2.05) is 11.8 Å². The zero-order valence-electron chi connectivity index (χ0n) is 10.1. The van der Waals surface area contributed by atoms with Gasteiger partial charge in [0.25, 0.3) is 0 Å². The molecular weight excluding hydrogens is 202 g/mol. The number of hydrogen-bond acceptors (Lipinski definition) is 2. The minimum atomic E-state index is -0.0665. The predicted octanol–water partition coefficient (Wildman–Crippen LogP) is 2.80. The van der Waals surface area contributed by atoms with E-state index in [0.29, 0.717) is 18.1 Å². The molecule has 16 heavy (non-hydrogen) atoms. The first-order valence-corrected chi connectivity index (χ1v) is 6.71. The average molecular weight is 223 g/mol. The Balaban J connectivity index is 1.79. The third-order valence-electron chi connectivity index (χ3n) is 5.10. The molecule has 0 bridgehead atoms. The topological polar surface area (TPSA) is 29.5 Å². The first kappa shape index (κ1) is 10.4. The summed E-state index contributed by atoms with van der Waals surface area (Å²) in [6.07, 6.45) is 7.81. The van der Waals surface area contributed by atoms with Crippen LogP contribution in [0.4, 0.5) is 4.79 Å². The smallest absolute Gasteiger partial charge is 0.410 e. The van der Waals surface area contributed by atoms with E-state index < -0.39 is 0 Å². The van der Waals surface area contributed by atoms with Crippen molar-refractivity contribution < 1.29 is 9.53 Å². The molecule has 0 N–H and O–H groups in total. The van der Waals surface area contributed by atoms with Crippen LogP contribution in [-0.2, 0) is 4.74 Å². The highest BCUT2D eigenvalue weighted by Crippen LogP contribution is 2.61. The Morgan fingerprint density at radius 3 is 2.94 bits per heavy atom. The molecule has 0 aromatic heterocycles. The standard InChI is InChI=1S/C13H21NO2/c1-2-16-12(15)14-9-10-6-8-13(10)7-4-3-5-11(13)14/h10-11H,2-9H2,1H3. The second-order valence-corrected chi connectivity index (χ2v) is 5.58. The number of likely N-dealkylation sites (tertiary alicyclic amines) is 1. The zero-order valence-corrected chi connectivity index (χ0v) is 10.1. The van der Waals surface area contributed by atoms with Crippen LogP contribution in [0.25, 0.3) is 0 Å². The number of ether oxygens (including phenoxy) is 1. The summed E-state index contributed by atoms with van der Waals surface area (Å²) in [6, 6.07) is 0.499. The van der Waals surface area contributed by atoms with Gasteiger partial charge < -0.3 is 9.64 Å². The number of amides is 1. The van der Waals surface area contributed by atoms with Gasteiger partial charge in [0.05, 0.1) is 6.61 Å². The minimum Gasteiger partial charge on any atom is -0.450 e. The molecule has 2 saturated carbocycles. The molecule has 90 valence electrons. The second-order valence-electron chi connectivity index (χ2n) is 5.58. The lowest BCUT2D eigenvalue weighted by Crippen LogP contribution is -2.49. The van der Waals surface area contributed by atoms with Crippen LogP contribution in [0.3, 0.4) is 0 Å². The Labute approximate surface area is 97.1 Å². The Kier molecular flexibility index (Phi) is 2.37. The van der Waals surface area contributed by atoms with Crippen LogP contribution < -0.4 is 0 Å². The van der Waals surface area contributed by atoms with Crippen molar-refractivity contribution in [1.29, 1.82) is 0 Å². The van der Waals surface area contributed by atoms with Gasteiger partial charge in [-0.05, 0) is 43.9 Å². The van der Waals surface area contributed by atoms with E-state index >= 15 is 0 Å². The largest absolute Gasteiger partial charge is 0.450 e. The fraction of sp³-hybridized carbons (Fsp3) is 0.923. The first-order valence-electron chi connectivity index (χ1n) is 6.71. The molecule has 3 aliphatic rings. The summed E-state index contributed by atoms with van der Waals surface area (Å²) in [7, 11) is 0. The lowest BCUT2D eigenvalue weighted by molar-refractivity contribution is 0.00208. The zero-order chi connectivity index (χ0) is 11.2. The molecule has 3 fully saturated rings. The molecule has 1 heterocycles. The summed E-state index contributed by atoms with van der Waals surface area (Å²) >= 11 is 0. The van der Waals surface area contributed by atoms with Crippen molar-refractivity contribution in [3.63, 3.8) is 0 Å². The summed E-state index contributed by atoms with van der Waals surface area (Å²) in [5, 5.41) is 0. The summed E-state index contributed by atoms with van der Waals surface area (Å²) in [6.45, 7) is 3.35. The van der Waals surface area contributed by atoms with Gasteiger partial charge in [-0.15, -0.1) is 0 Å². The lowest BCUT2D eigenvalue weighted by Gasteiger charge is -2.50. The number of rotatable bonds is 1. The van der Waals surface area contributed by atoms with Gasteiger partial charge in [0.2, 0.25) is 0 Å². The van der Waals surface area contributed by atoms with Crippen LogP contribution in [0.1, 0.15) is 45.4 Å². The quantitative estimate of drug-likeness (QED) is 0.684. The molecule has 3 atom stereocenters. The molecule has 1 saturated heterocycles. The number of hydrogen-bond donors (Lipinski definition) is 0. The third kappa shape index (κ3) is 1.23. The molecule has 3 nitrogen and oxygen atoms in total. The molecule has 0 radical (unpaired) electrons. The lowest BCUT2D eigenvalue weighted by atomic mass is 9.54. The highest BCUT2D eigenvalue weighted by atomic mass is 16.6. The fourth-order valence-electron chi connectivity index (χ4n) is 4.25. The molecule has 2 aliphatic carbocycles. The minimum absolute atomic E-state index is 0.0665. The Hall–Kier alpha value is -0.730. The molecule has 1 amide bonds. The van der Waals surface area contributed by atoms with E-state index in [2.05, 4.69) is 0 Å². The second kappa shape index (κ2) is 3.64. The van der Waals surface area contributed by atoms with Crippen molar-refractivity contribution in [2.24, 2.45) is 11.3 Å². The van der Waals surface area contributed by atoms with E-state index in [4.69, 9.17) is 4.74 Å². The van der Waals surface area contributed by atoms with Gasteiger partial charge in [-0.3, -0.25) is 0 Å². The first-order chi connectivity index (χ1) is 7.78. The van der Waals surface area contributed by atoms with Crippen LogP contribution in [-0.4, -0.2) is 30.2 Å². The molecule has 3 rings (SSSR count). The van der Waals surface area contributed by atoms with Crippen molar-refractivity contribution in [1.82, 2.24) is 4.90 Å². The van der Waals surface area contributed by atoms with Gasteiger partial charge in [0, 0.05) is 12.6 Å². The van der Waals surface area contributed by atoms with Gasteiger partial charge in [0.1, 0.15) is 0 Å². The Morgan fingerprint density at radius 1 is 1.38 bits per heavy atom. The highest BCUT2D eigenvalue weighted by Gasteiger charge is 2.60. The van der Waals surface area contributed by atoms with E-state index in [9.17, 15) is 4.79 Å². The van der Waals surface area contributed by atoms with Crippen molar-refractivity contribution in [2.75, 3.05) is 13.2 Å². The molecule has 1 aliphatic heterocycles. The van der Waals surface area contributed by atoms with Crippen LogP contribution in [0.5, 0.6) is 0 Å². The highest BCUT2D eigenvalue weighted by molar-refractivity contribution is 5.69. The summed E-state index contributed by atoms with van der Waals surface area (Å²) in [4.78, 5) is 14.0. The van der Waals surface area contributed by atoms with Gasteiger partial charge >= 0.3 is 6.09 Å². The maximum atomic E-state index is 11.9. The summed E-state index contributed by atoms with van der Waals surface area (Å²) < 4.78 is 5.18. The normalized spacial score (nSPS) is 40.9. The van der Waals surface area contributed by atoms with Crippen LogP contribution in [0.2, 0.25) is 0 Å². The number of nitrogens with zero attached hydrogens (tertiary/aromatic N) is 1. The number of carbonyl (C=O) groups excluding carboxylic acids is 1. The number of carbonyl (C=O) groups is 1. The van der Waals surface area contributed by atoms with Crippen LogP contribution in [0, 0.1) is 11.3 Å². The van der Waals surface area contributed by atoms with Gasteiger partial charge in [0.15, 0.2) is 0 Å². The van der Waals surface area contributed by atoms with E-state index in [0.717, 1.165) is 12.5 Å².